The number of hydrogen-bond acceptors (Lipinski definition) is 3. The van der Waals surface area contributed by atoms with Crippen molar-refractivity contribution in [3.05, 3.63) is 65.3 Å². The summed E-state index contributed by atoms with van der Waals surface area (Å²) in [4.78, 5) is 6.94. The Bertz CT molecular complexity index is 884. The summed E-state index contributed by atoms with van der Waals surface area (Å²) >= 11 is 6.08. The maximum atomic E-state index is 6.08. The molecule has 1 aliphatic rings. The van der Waals surface area contributed by atoms with E-state index in [1.54, 1.807) is 0 Å². The SMILES string of the molecule is CCN1CCC(c2ccc(Nc3ccnc4cc(Cl)ccc34)cc2)CC1. The van der Waals surface area contributed by atoms with Crippen molar-refractivity contribution in [3.8, 4) is 0 Å². The van der Waals surface area contributed by atoms with Crippen LogP contribution >= 0.6 is 11.6 Å². The predicted octanol–water partition coefficient (Wildman–Crippen LogP) is 5.83. The Morgan fingerprint density at radius 2 is 1.85 bits per heavy atom. The number of rotatable bonds is 4. The van der Waals surface area contributed by atoms with E-state index in [1.165, 1.54) is 38.0 Å². The van der Waals surface area contributed by atoms with Gasteiger partial charge in [0, 0.05) is 28.0 Å². The van der Waals surface area contributed by atoms with Crippen molar-refractivity contribution in [2.24, 2.45) is 0 Å². The topological polar surface area (TPSA) is 28.2 Å². The molecule has 1 aliphatic heterocycles. The summed E-state index contributed by atoms with van der Waals surface area (Å²) in [6.45, 7) is 5.84. The van der Waals surface area contributed by atoms with Gasteiger partial charge in [0.25, 0.3) is 0 Å². The zero-order valence-electron chi connectivity index (χ0n) is 15.1. The van der Waals surface area contributed by atoms with Gasteiger partial charge in [0.1, 0.15) is 0 Å². The van der Waals surface area contributed by atoms with E-state index in [0.29, 0.717) is 10.9 Å². The first-order valence-electron chi connectivity index (χ1n) is 9.36. The van der Waals surface area contributed by atoms with E-state index in [4.69, 9.17) is 11.6 Å². The molecule has 0 aliphatic carbocycles. The highest BCUT2D eigenvalue weighted by atomic mass is 35.5. The van der Waals surface area contributed by atoms with E-state index < -0.39 is 0 Å². The molecule has 0 bridgehead atoms. The highest BCUT2D eigenvalue weighted by Gasteiger charge is 2.19. The number of pyridine rings is 1. The van der Waals surface area contributed by atoms with Crippen molar-refractivity contribution in [1.29, 1.82) is 0 Å². The molecule has 4 heteroatoms. The van der Waals surface area contributed by atoms with Gasteiger partial charge in [-0.25, -0.2) is 0 Å². The molecule has 134 valence electrons. The standard InChI is InChI=1S/C22H24ClN3/c1-2-26-13-10-17(11-14-26)16-3-6-19(7-4-16)25-21-9-12-24-22-15-18(23)5-8-20(21)22/h3-9,12,15,17H,2,10-11,13-14H2,1H3,(H,24,25). The molecular formula is C22H24ClN3. The molecule has 0 radical (unpaired) electrons. The van der Waals surface area contributed by atoms with Crippen LogP contribution in [0.3, 0.4) is 0 Å². The Morgan fingerprint density at radius 3 is 2.58 bits per heavy atom. The molecule has 0 atom stereocenters. The summed E-state index contributed by atoms with van der Waals surface area (Å²) in [5, 5.41) is 5.31. The van der Waals surface area contributed by atoms with Gasteiger partial charge in [0.05, 0.1) is 5.52 Å². The third-order valence-corrected chi connectivity index (χ3v) is 5.64. The monoisotopic (exact) mass is 365 g/mol. The van der Waals surface area contributed by atoms with E-state index in [-0.39, 0.29) is 0 Å². The maximum absolute atomic E-state index is 6.08. The first-order valence-corrected chi connectivity index (χ1v) is 9.74. The van der Waals surface area contributed by atoms with Crippen LogP contribution < -0.4 is 5.32 Å². The predicted molar refractivity (Wildman–Crippen MR) is 111 cm³/mol. The molecular weight excluding hydrogens is 342 g/mol. The van der Waals surface area contributed by atoms with Gasteiger partial charge < -0.3 is 10.2 Å². The van der Waals surface area contributed by atoms with E-state index in [9.17, 15) is 0 Å². The lowest BCUT2D eigenvalue weighted by Crippen LogP contribution is -2.32. The summed E-state index contributed by atoms with van der Waals surface area (Å²) < 4.78 is 0. The fraction of sp³-hybridized carbons (Fsp3) is 0.318. The average Bonchev–Trinajstić information content (AvgIpc) is 2.69. The zero-order valence-corrected chi connectivity index (χ0v) is 15.8. The first kappa shape index (κ1) is 17.3. The molecule has 0 unspecified atom stereocenters. The van der Waals surface area contributed by atoms with Crippen molar-refractivity contribution < 1.29 is 0 Å². The third kappa shape index (κ3) is 3.69. The van der Waals surface area contributed by atoms with Gasteiger partial charge in [-0.2, -0.15) is 0 Å². The maximum Gasteiger partial charge on any atom is 0.0737 e. The Kier molecular flexibility index (Phi) is 5.09. The Morgan fingerprint density at radius 1 is 1.08 bits per heavy atom. The van der Waals surface area contributed by atoms with Crippen LogP contribution in [0.2, 0.25) is 5.02 Å². The highest BCUT2D eigenvalue weighted by Crippen LogP contribution is 2.31. The van der Waals surface area contributed by atoms with Gasteiger partial charge in [-0.15, -0.1) is 0 Å². The number of nitrogens with one attached hydrogen (secondary N) is 1. The van der Waals surface area contributed by atoms with Crippen LogP contribution in [0.4, 0.5) is 11.4 Å². The van der Waals surface area contributed by atoms with Crippen LogP contribution in [0, 0.1) is 0 Å². The Hall–Kier alpha value is -2.10. The van der Waals surface area contributed by atoms with E-state index in [1.807, 2.05) is 30.5 Å². The molecule has 0 amide bonds. The fourth-order valence-corrected chi connectivity index (χ4v) is 3.97. The second-order valence-electron chi connectivity index (χ2n) is 6.98. The van der Waals surface area contributed by atoms with Crippen molar-refractivity contribution in [1.82, 2.24) is 9.88 Å². The largest absolute Gasteiger partial charge is 0.355 e. The smallest absolute Gasteiger partial charge is 0.0737 e. The number of benzene rings is 2. The lowest BCUT2D eigenvalue weighted by atomic mass is 9.89. The van der Waals surface area contributed by atoms with Crippen LogP contribution in [-0.2, 0) is 0 Å². The number of hydrogen-bond donors (Lipinski definition) is 1. The summed E-state index contributed by atoms with van der Waals surface area (Å²) in [7, 11) is 0. The Labute approximate surface area is 160 Å². The van der Waals surface area contributed by atoms with Gasteiger partial charge in [-0.05, 0) is 80.4 Å². The zero-order chi connectivity index (χ0) is 17.9. The minimum absolute atomic E-state index is 0.691. The molecule has 2 heterocycles. The summed E-state index contributed by atoms with van der Waals surface area (Å²) in [6, 6.07) is 16.7. The van der Waals surface area contributed by atoms with Gasteiger partial charge in [-0.3, -0.25) is 4.98 Å². The van der Waals surface area contributed by atoms with Crippen molar-refractivity contribution in [2.75, 3.05) is 25.0 Å². The normalized spacial score (nSPS) is 16.1. The molecule has 4 rings (SSSR count). The van der Waals surface area contributed by atoms with Crippen LogP contribution in [0.25, 0.3) is 10.9 Å². The second-order valence-corrected chi connectivity index (χ2v) is 7.41. The molecule has 3 aromatic rings. The second kappa shape index (κ2) is 7.65. The lowest BCUT2D eigenvalue weighted by molar-refractivity contribution is 0.222. The van der Waals surface area contributed by atoms with Gasteiger partial charge in [-0.1, -0.05) is 30.7 Å². The number of aromatic nitrogens is 1. The number of piperidine rings is 1. The van der Waals surface area contributed by atoms with E-state index in [2.05, 4.69) is 46.4 Å². The van der Waals surface area contributed by atoms with Crippen molar-refractivity contribution >= 4 is 33.9 Å². The molecule has 1 aromatic heterocycles. The van der Waals surface area contributed by atoms with E-state index in [0.717, 1.165) is 22.3 Å². The van der Waals surface area contributed by atoms with Gasteiger partial charge >= 0.3 is 0 Å². The molecule has 1 N–H and O–H groups in total. The van der Waals surface area contributed by atoms with Crippen LogP contribution in [0.15, 0.2) is 54.7 Å². The van der Waals surface area contributed by atoms with Crippen LogP contribution in [-0.4, -0.2) is 29.5 Å². The minimum Gasteiger partial charge on any atom is -0.355 e. The lowest BCUT2D eigenvalue weighted by Gasteiger charge is -2.31. The minimum atomic E-state index is 0.691. The number of halogens is 1. The van der Waals surface area contributed by atoms with Crippen molar-refractivity contribution in [2.45, 2.75) is 25.7 Å². The molecule has 3 nitrogen and oxygen atoms in total. The van der Waals surface area contributed by atoms with Crippen molar-refractivity contribution in [3.63, 3.8) is 0 Å². The molecule has 2 aromatic carbocycles. The highest BCUT2D eigenvalue weighted by molar-refractivity contribution is 6.31. The number of likely N-dealkylation sites (tertiary alicyclic amines) is 1. The summed E-state index contributed by atoms with van der Waals surface area (Å²) in [5.41, 5.74) is 4.51. The van der Waals surface area contributed by atoms with Crippen LogP contribution in [0.5, 0.6) is 0 Å². The fourth-order valence-electron chi connectivity index (χ4n) is 3.81. The number of nitrogens with zero attached hydrogens (tertiary/aromatic N) is 2. The molecule has 1 fully saturated rings. The first-order chi connectivity index (χ1) is 12.7. The molecule has 0 saturated carbocycles. The molecule has 1 saturated heterocycles. The quantitative estimate of drug-likeness (QED) is 0.630. The number of anilines is 2. The van der Waals surface area contributed by atoms with Gasteiger partial charge in [0.15, 0.2) is 0 Å². The third-order valence-electron chi connectivity index (χ3n) is 5.40. The Balaban J connectivity index is 1.50. The van der Waals surface area contributed by atoms with Gasteiger partial charge in [0.2, 0.25) is 0 Å². The van der Waals surface area contributed by atoms with Crippen LogP contribution in [0.1, 0.15) is 31.2 Å². The summed E-state index contributed by atoms with van der Waals surface area (Å²) in [6.07, 6.45) is 4.34. The van der Waals surface area contributed by atoms with E-state index >= 15 is 0 Å². The summed E-state index contributed by atoms with van der Waals surface area (Å²) in [5.74, 6) is 0.691. The molecule has 0 spiro atoms. The number of fused-ring (bicyclic) bond motifs is 1. The average molecular weight is 366 g/mol. The molecule has 26 heavy (non-hydrogen) atoms.